The summed E-state index contributed by atoms with van der Waals surface area (Å²) >= 11 is 0. The summed E-state index contributed by atoms with van der Waals surface area (Å²) in [4.78, 5) is 33.7. The molecule has 1 aliphatic heterocycles. The summed E-state index contributed by atoms with van der Waals surface area (Å²) in [5.74, 6) is 1.33. The summed E-state index contributed by atoms with van der Waals surface area (Å²) in [6.07, 6.45) is 0.688. The van der Waals surface area contributed by atoms with Crippen LogP contribution in [0.3, 0.4) is 0 Å². The number of aromatic nitrogens is 2. The van der Waals surface area contributed by atoms with Gasteiger partial charge in [-0.2, -0.15) is 0 Å². The van der Waals surface area contributed by atoms with E-state index < -0.39 is 0 Å². The van der Waals surface area contributed by atoms with Crippen LogP contribution in [0.25, 0.3) is 0 Å². The Morgan fingerprint density at radius 1 is 1.38 bits per heavy atom. The highest BCUT2D eigenvalue weighted by Crippen LogP contribution is 2.28. The molecule has 2 heterocycles. The van der Waals surface area contributed by atoms with Crippen molar-refractivity contribution in [2.45, 2.75) is 26.4 Å². The van der Waals surface area contributed by atoms with E-state index in [1.807, 2.05) is 0 Å². The molecule has 1 aromatic carbocycles. The van der Waals surface area contributed by atoms with Gasteiger partial charge in [0.2, 0.25) is 0 Å². The van der Waals surface area contributed by atoms with E-state index in [2.05, 4.69) is 9.97 Å². The maximum atomic E-state index is 13.1. The first kappa shape index (κ1) is 17.9. The van der Waals surface area contributed by atoms with Crippen molar-refractivity contribution in [1.82, 2.24) is 14.9 Å². The Morgan fingerprint density at radius 3 is 2.92 bits per heavy atom. The van der Waals surface area contributed by atoms with E-state index in [0.29, 0.717) is 60.3 Å². The summed E-state index contributed by atoms with van der Waals surface area (Å²) in [5.41, 5.74) is 6.84. The summed E-state index contributed by atoms with van der Waals surface area (Å²) in [6.45, 7) is 3.16. The number of aromatic amines is 1. The van der Waals surface area contributed by atoms with E-state index in [1.54, 1.807) is 30.0 Å². The van der Waals surface area contributed by atoms with Gasteiger partial charge in [-0.15, -0.1) is 0 Å². The summed E-state index contributed by atoms with van der Waals surface area (Å²) in [7, 11) is 1.54. The number of carbonyl (C=O) groups excluding carboxylic acids is 1. The zero-order valence-corrected chi connectivity index (χ0v) is 14.9. The Morgan fingerprint density at radius 2 is 2.19 bits per heavy atom. The molecule has 0 atom stereocenters. The highest BCUT2D eigenvalue weighted by Gasteiger charge is 2.29. The van der Waals surface area contributed by atoms with Crippen molar-refractivity contribution in [3.63, 3.8) is 0 Å². The number of nitrogens with zero attached hydrogens (tertiary/aromatic N) is 2. The number of benzene rings is 1. The Balaban J connectivity index is 1.87. The van der Waals surface area contributed by atoms with Gasteiger partial charge in [0.05, 0.1) is 43.6 Å². The lowest BCUT2D eigenvalue weighted by molar-refractivity contribution is 0.0745. The molecule has 26 heavy (non-hydrogen) atoms. The molecule has 1 amide bonds. The molecule has 8 nitrogen and oxygen atoms in total. The number of aryl methyl sites for hydroxylation is 1. The zero-order chi connectivity index (χ0) is 18.7. The average molecular weight is 358 g/mol. The van der Waals surface area contributed by atoms with Crippen LogP contribution in [-0.2, 0) is 13.1 Å². The molecule has 0 bridgehead atoms. The van der Waals surface area contributed by atoms with Gasteiger partial charge < -0.3 is 25.1 Å². The predicted octanol–water partition coefficient (Wildman–Crippen LogP) is 0.971. The quantitative estimate of drug-likeness (QED) is 0.745. The molecule has 8 heteroatoms. The molecule has 0 unspecified atom stereocenters. The molecule has 3 N–H and O–H groups in total. The lowest BCUT2D eigenvalue weighted by Gasteiger charge is -2.18. The topological polar surface area (TPSA) is 111 Å². The van der Waals surface area contributed by atoms with Crippen LogP contribution in [0.2, 0.25) is 0 Å². The highest BCUT2D eigenvalue weighted by molar-refractivity contribution is 5.97. The first-order valence-corrected chi connectivity index (χ1v) is 8.42. The second-order valence-electron chi connectivity index (χ2n) is 6.09. The van der Waals surface area contributed by atoms with Crippen molar-refractivity contribution in [2.75, 3.05) is 20.3 Å². The zero-order valence-electron chi connectivity index (χ0n) is 14.9. The molecule has 0 radical (unpaired) electrons. The van der Waals surface area contributed by atoms with Gasteiger partial charge in [-0.25, -0.2) is 4.98 Å². The summed E-state index contributed by atoms with van der Waals surface area (Å²) in [6, 6.07) is 5.09. The second kappa shape index (κ2) is 7.57. The van der Waals surface area contributed by atoms with Crippen molar-refractivity contribution in [2.24, 2.45) is 5.73 Å². The van der Waals surface area contributed by atoms with E-state index in [-0.39, 0.29) is 18.0 Å². The molecule has 1 aliphatic rings. The fourth-order valence-electron chi connectivity index (χ4n) is 2.90. The Labute approximate surface area is 150 Å². The van der Waals surface area contributed by atoms with Gasteiger partial charge in [-0.1, -0.05) is 0 Å². The van der Waals surface area contributed by atoms with Crippen LogP contribution in [0.5, 0.6) is 11.5 Å². The van der Waals surface area contributed by atoms with Crippen LogP contribution in [0.15, 0.2) is 23.0 Å². The number of carbonyl (C=O) groups is 1. The van der Waals surface area contributed by atoms with E-state index >= 15 is 0 Å². The third-order valence-corrected chi connectivity index (χ3v) is 4.22. The number of hydrogen-bond acceptors (Lipinski definition) is 6. The standard InChI is InChI=1S/C18H22N4O4/c1-11-20-15-10-22(9-14(15)17(23)21-11)18(24)13-8-12(25-2)4-5-16(13)26-7-3-6-19/h4-5,8H,3,6-7,9-10,19H2,1-2H3,(H,20,21,23). The van der Waals surface area contributed by atoms with Gasteiger partial charge >= 0.3 is 0 Å². The van der Waals surface area contributed by atoms with Crippen LogP contribution < -0.4 is 20.8 Å². The van der Waals surface area contributed by atoms with Crippen molar-refractivity contribution in [3.8, 4) is 11.5 Å². The van der Waals surface area contributed by atoms with Gasteiger partial charge in [0.25, 0.3) is 11.5 Å². The number of nitrogens with two attached hydrogens (primary N) is 1. The van der Waals surface area contributed by atoms with Crippen LogP contribution >= 0.6 is 0 Å². The summed E-state index contributed by atoms with van der Waals surface area (Å²) < 4.78 is 10.9. The maximum absolute atomic E-state index is 13.1. The van der Waals surface area contributed by atoms with Gasteiger partial charge in [0.15, 0.2) is 0 Å². The Kier molecular flexibility index (Phi) is 5.22. The number of rotatable bonds is 6. The van der Waals surface area contributed by atoms with Gasteiger partial charge in [-0.05, 0) is 38.1 Å². The number of nitrogens with one attached hydrogen (secondary N) is 1. The van der Waals surface area contributed by atoms with Crippen molar-refractivity contribution >= 4 is 5.91 Å². The van der Waals surface area contributed by atoms with E-state index in [9.17, 15) is 9.59 Å². The molecule has 0 saturated carbocycles. The number of H-pyrrole nitrogens is 1. The summed E-state index contributed by atoms with van der Waals surface area (Å²) in [5, 5.41) is 0. The molecule has 0 aliphatic carbocycles. The van der Waals surface area contributed by atoms with Crippen molar-refractivity contribution in [3.05, 3.63) is 51.2 Å². The first-order chi connectivity index (χ1) is 12.5. The van der Waals surface area contributed by atoms with E-state index in [1.165, 1.54) is 7.11 Å². The Bertz CT molecular complexity index is 878. The lowest BCUT2D eigenvalue weighted by Crippen LogP contribution is -2.27. The molecule has 0 spiro atoms. The minimum absolute atomic E-state index is 0.201. The van der Waals surface area contributed by atoms with Crippen molar-refractivity contribution in [1.29, 1.82) is 0 Å². The van der Waals surface area contributed by atoms with Crippen LogP contribution in [0.1, 0.15) is 33.9 Å². The second-order valence-corrected chi connectivity index (χ2v) is 6.09. The smallest absolute Gasteiger partial charge is 0.258 e. The van der Waals surface area contributed by atoms with Gasteiger partial charge in [0, 0.05) is 0 Å². The third kappa shape index (κ3) is 3.55. The third-order valence-electron chi connectivity index (χ3n) is 4.22. The number of fused-ring (bicyclic) bond motifs is 1. The molecule has 2 aromatic rings. The normalized spacial score (nSPS) is 12.8. The maximum Gasteiger partial charge on any atom is 0.258 e. The first-order valence-electron chi connectivity index (χ1n) is 8.42. The lowest BCUT2D eigenvalue weighted by atomic mass is 10.1. The minimum atomic E-state index is -0.235. The van der Waals surface area contributed by atoms with Crippen molar-refractivity contribution < 1.29 is 14.3 Å². The van der Waals surface area contributed by atoms with Gasteiger partial charge in [0.1, 0.15) is 17.3 Å². The van der Waals surface area contributed by atoms with Crippen LogP contribution in [0, 0.1) is 6.92 Å². The van der Waals surface area contributed by atoms with Crippen LogP contribution in [-0.4, -0.2) is 41.0 Å². The highest BCUT2D eigenvalue weighted by atomic mass is 16.5. The van der Waals surface area contributed by atoms with E-state index in [0.717, 1.165) is 0 Å². The average Bonchev–Trinajstić information content (AvgIpc) is 3.06. The molecule has 0 saturated heterocycles. The molecule has 1 aromatic heterocycles. The van der Waals surface area contributed by atoms with E-state index in [4.69, 9.17) is 15.2 Å². The number of amides is 1. The predicted molar refractivity (Wildman–Crippen MR) is 95.3 cm³/mol. The number of methoxy groups -OCH3 is 1. The van der Waals surface area contributed by atoms with Crippen LogP contribution in [0.4, 0.5) is 0 Å². The fraction of sp³-hybridized carbons (Fsp3) is 0.389. The molecular weight excluding hydrogens is 336 g/mol. The SMILES string of the molecule is COc1ccc(OCCCN)c(C(=O)N2Cc3nc(C)[nH]c(=O)c3C2)c1. The fourth-order valence-corrected chi connectivity index (χ4v) is 2.90. The Hall–Kier alpha value is -2.87. The monoisotopic (exact) mass is 358 g/mol. The number of ether oxygens (including phenoxy) is 2. The number of hydrogen-bond donors (Lipinski definition) is 2. The van der Waals surface area contributed by atoms with Gasteiger partial charge in [-0.3, -0.25) is 9.59 Å². The minimum Gasteiger partial charge on any atom is -0.497 e. The molecule has 0 fully saturated rings. The largest absolute Gasteiger partial charge is 0.497 e. The molecular formula is C18H22N4O4. The molecule has 3 rings (SSSR count). The molecule has 138 valence electrons.